The molecule has 2 nitrogen and oxygen atoms in total. The first-order valence-corrected chi connectivity index (χ1v) is 5.23. The summed E-state index contributed by atoms with van der Waals surface area (Å²) < 4.78 is 5.74. The molecule has 0 saturated carbocycles. The average molecular weight is 199 g/mol. The molecule has 2 rings (SSSR count). The van der Waals surface area contributed by atoms with Gasteiger partial charge < -0.3 is 4.42 Å². The highest BCUT2D eigenvalue weighted by atomic mass is 16.3. The largest absolute Gasteiger partial charge is 0.461 e. The number of hydrogen-bond donors (Lipinski definition) is 0. The maximum atomic E-state index is 8.80. The zero-order valence-corrected chi connectivity index (χ0v) is 8.79. The zero-order valence-electron chi connectivity index (χ0n) is 8.79. The highest BCUT2D eigenvalue weighted by Gasteiger charge is 2.12. The second-order valence-corrected chi connectivity index (χ2v) is 3.58. The van der Waals surface area contributed by atoms with Crippen LogP contribution in [0.4, 0.5) is 0 Å². The third kappa shape index (κ3) is 1.73. The lowest BCUT2D eigenvalue weighted by Gasteiger charge is -1.95. The first kappa shape index (κ1) is 9.79. The van der Waals surface area contributed by atoms with Gasteiger partial charge in [0.1, 0.15) is 11.3 Å². The average Bonchev–Trinajstić information content (AvgIpc) is 2.59. The van der Waals surface area contributed by atoms with Crippen molar-refractivity contribution in [1.29, 1.82) is 5.26 Å². The number of nitrogens with zero attached hydrogens (tertiary/aromatic N) is 1. The van der Waals surface area contributed by atoms with Gasteiger partial charge in [0.25, 0.3) is 0 Å². The maximum absolute atomic E-state index is 8.80. The van der Waals surface area contributed by atoms with Gasteiger partial charge in [-0.3, -0.25) is 0 Å². The van der Waals surface area contributed by atoms with E-state index in [9.17, 15) is 0 Å². The van der Waals surface area contributed by atoms with E-state index in [-0.39, 0.29) is 0 Å². The van der Waals surface area contributed by atoms with Crippen LogP contribution < -0.4 is 0 Å². The minimum Gasteiger partial charge on any atom is -0.461 e. The van der Waals surface area contributed by atoms with E-state index >= 15 is 0 Å². The Morgan fingerprint density at radius 3 is 2.87 bits per heavy atom. The Morgan fingerprint density at radius 1 is 1.33 bits per heavy atom. The molecule has 2 aromatic rings. The van der Waals surface area contributed by atoms with Gasteiger partial charge in [-0.25, -0.2) is 0 Å². The molecule has 0 saturated heterocycles. The molecule has 0 unspecified atom stereocenters. The Morgan fingerprint density at radius 2 is 2.13 bits per heavy atom. The molecule has 0 bridgehead atoms. The smallest absolute Gasteiger partial charge is 0.134 e. The summed E-state index contributed by atoms with van der Waals surface area (Å²) in [6.07, 6.45) is 2.39. The molecule has 0 fully saturated rings. The predicted molar refractivity (Wildman–Crippen MR) is 59.5 cm³/mol. The number of hydrogen-bond acceptors (Lipinski definition) is 2. The molecule has 2 heteroatoms. The van der Waals surface area contributed by atoms with Gasteiger partial charge >= 0.3 is 0 Å². The van der Waals surface area contributed by atoms with E-state index in [4.69, 9.17) is 9.68 Å². The number of para-hydroxylation sites is 1. The second kappa shape index (κ2) is 4.18. The van der Waals surface area contributed by atoms with Crippen molar-refractivity contribution in [3.05, 3.63) is 35.6 Å². The number of rotatable bonds is 3. The fraction of sp³-hybridized carbons (Fsp3) is 0.308. The van der Waals surface area contributed by atoms with Crippen molar-refractivity contribution in [2.75, 3.05) is 0 Å². The molecular formula is C13H13NO. The molecule has 1 aromatic carbocycles. The van der Waals surface area contributed by atoms with E-state index in [1.165, 1.54) is 0 Å². The van der Waals surface area contributed by atoms with Crippen molar-refractivity contribution in [1.82, 2.24) is 0 Å². The molecule has 76 valence electrons. The Balaban J connectivity index is 2.59. The van der Waals surface area contributed by atoms with Crippen LogP contribution in [0.2, 0.25) is 0 Å². The minimum absolute atomic E-state index is 0.437. The van der Waals surface area contributed by atoms with Gasteiger partial charge in [0, 0.05) is 17.4 Å². The van der Waals surface area contributed by atoms with Crippen molar-refractivity contribution in [2.45, 2.75) is 26.2 Å². The third-order valence-electron chi connectivity index (χ3n) is 2.51. The number of furan rings is 1. The van der Waals surface area contributed by atoms with E-state index in [1.54, 1.807) is 0 Å². The van der Waals surface area contributed by atoms with Gasteiger partial charge in [0.15, 0.2) is 0 Å². The van der Waals surface area contributed by atoms with Gasteiger partial charge in [-0.1, -0.05) is 25.1 Å². The number of nitriles is 1. The van der Waals surface area contributed by atoms with Crippen molar-refractivity contribution >= 4 is 11.0 Å². The molecule has 1 heterocycles. The van der Waals surface area contributed by atoms with Crippen molar-refractivity contribution in [3.8, 4) is 6.07 Å². The van der Waals surface area contributed by atoms with Crippen LogP contribution in [-0.2, 0) is 12.8 Å². The van der Waals surface area contributed by atoms with Gasteiger partial charge in [-0.05, 0) is 12.5 Å². The van der Waals surface area contributed by atoms with E-state index in [1.807, 2.05) is 24.3 Å². The topological polar surface area (TPSA) is 36.9 Å². The number of benzene rings is 1. The van der Waals surface area contributed by atoms with Crippen LogP contribution in [0.15, 0.2) is 28.7 Å². The Bertz CT molecular complexity index is 505. The Kier molecular flexibility index (Phi) is 2.73. The summed E-state index contributed by atoms with van der Waals surface area (Å²) >= 11 is 0. The van der Waals surface area contributed by atoms with Gasteiger partial charge in [-0.2, -0.15) is 5.26 Å². The van der Waals surface area contributed by atoms with Crippen LogP contribution in [0, 0.1) is 11.3 Å². The first-order chi connectivity index (χ1) is 7.36. The molecule has 0 aliphatic carbocycles. The summed E-state index contributed by atoms with van der Waals surface area (Å²) in [5.41, 5.74) is 1.96. The SMILES string of the molecule is CCCc1oc2ccccc2c1CC#N. The summed E-state index contributed by atoms with van der Waals surface area (Å²) in [5, 5.41) is 9.88. The van der Waals surface area contributed by atoms with Gasteiger partial charge in [-0.15, -0.1) is 0 Å². The van der Waals surface area contributed by atoms with Crippen LogP contribution in [0.3, 0.4) is 0 Å². The highest BCUT2D eigenvalue weighted by Crippen LogP contribution is 2.26. The summed E-state index contributed by atoms with van der Waals surface area (Å²) in [7, 11) is 0. The van der Waals surface area contributed by atoms with Crippen molar-refractivity contribution in [3.63, 3.8) is 0 Å². The van der Waals surface area contributed by atoms with E-state index in [2.05, 4.69) is 13.0 Å². The van der Waals surface area contributed by atoms with E-state index in [0.29, 0.717) is 6.42 Å². The standard InChI is InChI=1S/C13H13NO/c1-2-5-12-11(8-9-14)10-6-3-4-7-13(10)15-12/h3-4,6-7H,2,5,8H2,1H3. The van der Waals surface area contributed by atoms with Crippen molar-refractivity contribution < 1.29 is 4.42 Å². The van der Waals surface area contributed by atoms with E-state index in [0.717, 1.165) is 35.1 Å². The second-order valence-electron chi connectivity index (χ2n) is 3.58. The fourth-order valence-corrected chi connectivity index (χ4v) is 1.85. The lowest BCUT2D eigenvalue weighted by molar-refractivity contribution is 0.539. The lowest BCUT2D eigenvalue weighted by atomic mass is 10.1. The van der Waals surface area contributed by atoms with Crippen LogP contribution in [0.25, 0.3) is 11.0 Å². The van der Waals surface area contributed by atoms with E-state index < -0.39 is 0 Å². The molecule has 0 atom stereocenters. The zero-order chi connectivity index (χ0) is 10.7. The molecule has 0 spiro atoms. The maximum Gasteiger partial charge on any atom is 0.134 e. The normalized spacial score (nSPS) is 10.4. The molecule has 0 aliphatic rings. The number of fused-ring (bicyclic) bond motifs is 1. The summed E-state index contributed by atoms with van der Waals surface area (Å²) in [4.78, 5) is 0. The molecular weight excluding hydrogens is 186 g/mol. The predicted octanol–water partition coefficient (Wildman–Crippen LogP) is 3.45. The molecule has 0 amide bonds. The Hall–Kier alpha value is -1.75. The third-order valence-corrected chi connectivity index (χ3v) is 2.51. The molecule has 0 N–H and O–H groups in total. The molecule has 1 aromatic heterocycles. The first-order valence-electron chi connectivity index (χ1n) is 5.23. The molecule has 0 radical (unpaired) electrons. The van der Waals surface area contributed by atoms with Gasteiger partial charge in [0.2, 0.25) is 0 Å². The summed E-state index contributed by atoms with van der Waals surface area (Å²) in [6, 6.07) is 10.1. The lowest BCUT2D eigenvalue weighted by Crippen LogP contribution is -1.87. The van der Waals surface area contributed by atoms with Crippen LogP contribution in [-0.4, -0.2) is 0 Å². The van der Waals surface area contributed by atoms with Gasteiger partial charge in [0.05, 0.1) is 12.5 Å². The monoisotopic (exact) mass is 199 g/mol. The summed E-state index contributed by atoms with van der Waals surface area (Å²) in [5.74, 6) is 0.972. The van der Waals surface area contributed by atoms with Crippen LogP contribution >= 0.6 is 0 Å². The fourth-order valence-electron chi connectivity index (χ4n) is 1.85. The van der Waals surface area contributed by atoms with Crippen LogP contribution in [0.1, 0.15) is 24.7 Å². The quantitative estimate of drug-likeness (QED) is 0.759. The minimum atomic E-state index is 0.437. The van der Waals surface area contributed by atoms with Crippen molar-refractivity contribution in [2.24, 2.45) is 0 Å². The number of aryl methyl sites for hydroxylation is 1. The Labute approximate surface area is 89.1 Å². The molecule has 0 aliphatic heterocycles. The van der Waals surface area contributed by atoms with Crippen LogP contribution in [0.5, 0.6) is 0 Å². The summed E-state index contributed by atoms with van der Waals surface area (Å²) in [6.45, 7) is 2.11. The molecule has 15 heavy (non-hydrogen) atoms. The highest BCUT2D eigenvalue weighted by molar-refractivity contribution is 5.82.